The smallest absolute Gasteiger partial charge is 0.262 e. The number of amides is 1. The number of rotatable bonds is 2. The lowest BCUT2D eigenvalue weighted by Crippen LogP contribution is -2.18. The molecule has 0 bridgehead atoms. The number of aryl methyl sites for hydroxylation is 1. The lowest BCUT2D eigenvalue weighted by Gasteiger charge is -2.07. The number of carbonyl (C=O) groups is 1. The minimum atomic E-state index is -0.976. The predicted molar refractivity (Wildman–Crippen MR) is 62.2 cm³/mol. The summed E-state index contributed by atoms with van der Waals surface area (Å²) < 4.78 is 28.1. The van der Waals surface area contributed by atoms with Crippen molar-refractivity contribution in [3.63, 3.8) is 0 Å². The highest BCUT2D eigenvalue weighted by atomic mass is 19.1. The molecule has 2 aromatic rings. The fourth-order valence-electron chi connectivity index (χ4n) is 1.55. The zero-order chi connectivity index (χ0) is 14.0. The molecule has 0 radical (unpaired) electrons. The lowest BCUT2D eigenvalue weighted by atomic mass is 10.2. The second-order valence-corrected chi connectivity index (χ2v) is 3.69. The molecule has 1 amide bonds. The molecule has 5 nitrogen and oxygen atoms in total. The molecule has 1 aromatic heterocycles. The molecule has 7 heteroatoms. The summed E-state index contributed by atoms with van der Waals surface area (Å²) in [6.07, 6.45) is 1.24. The Morgan fingerprint density at radius 1 is 1.42 bits per heavy atom. The maximum Gasteiger partial charge on any atom is 0.262 e. The van der Waals surface area contributed by atoms with E-state index in [9.17, 15) is 13.6 Å². The van der Waals surface area contributed by atoms with Crippen LogP contribution in [0.5, 0.6) is 0 Å². The highest BCUT2D eigenvalue weighted by molar-refractivity contribution is 6.04. The van der Waals surface area contributed by atoms with Gasteiger partial charge in [0.25, 0.3) is 5.91 Å². The SMILES string of the molecule is Cn1ncc(C#N)c1NC(=O)c1c(F)cccc1F. The molecule has 2 rings (SSSR count). The zero-order valence-corrected chi connectivity index (χ0v) is 9.82. The number of nitrogens with one attached hydrogen (secondary N) is 1. The molecule has 19 heavy (non-hydrogen) atoms. The molecule has 0 saturated carbocycles. The molecule has 0 aliphatic rings. The molecule has 0 spiro atoms. The molecular formula is C12H8F2N4O. The number of halogens is 2. The third-order valence-electron chi connectivity index (χ3n) is 2.48. The molecule has 1 aromatic carbocycles. The standard InChI is InChI=1S/C12H8F2N4O/c1-18-11(7(5-15)6-16-18)17-12(19)10-8(13)3-2-4-9(10)14/h2-4,6H,1H3,(H,17,19). The summed E-state index contributed by atoms with van der Waals surface area (Å²) >= 11 is 0. The van der Waals surface area contributed by atoms with Crippen LogP contribution in [0.4, 0.5) is 14.6 Å². The van der Waals surface area contributed by atoms with Gasteiger partial charge >= 0.3 is 0 Å². The quantitative estimate of drug-likeness (QED) is 0.897. The zero-order valence-electron chi connectivity index (χ0n) is 9.82. The van der Waals surface area contributed by atoms with E-state index in [-0.39, 0.29) is 11.4 Å². The third-order valence-corrected chi connectivity index (χ3v) is 2.48. The van der Waals surface area contributed by atoms with Gasteiger partial charge in [0, 0.05) is 7.05 Å². The number of hydrogen-bond donors (Lipinski definition) is 1. The summed E-state index contributed by atoms with van der Waals surface area (Å²) in [5.74, 6) is -2.85. The van der Waals surface area contributed by atoms with Crippen LogP contribution >= 0.6 is 0 Å². The number of carbonyl (C=O) groups excluding carboxylic acids is 1. The van der Waals surface area contributed by atoms with E-state index in [0.717, 1.165) is 18.2 Å². The van der Waals surface area contributed by atoms with E-state index in [0.29, 0.717) is 0 Å². The Morgan fingerprint density at radius 3 is 2.63 bits per heavy atom. The first-order valence-electron chi connectivity index (χ1n) is 5.22. The minimum absolute atomic E-state index is 0.0788. The average molecular weight is 262 g/mol. The number of benzene rings is 1. The summed E-state index contributed by atoms with van der Waals surface area (Å²) in [5, 5.41) is 14.9. The average Bonchev–Trinajstić information content (AvgIpc) is 2.70. The molecule has 0 fully saturated rings. The van der Waals surface area contributed by atoms with Crippen LogP contribution in [0, 0.1) is 23.0 Å². The van der Waals surface area contributed by atoms with Crippen LogP contribution in [0.25, 0.3) is 0 Å². The molecule has 96 valence electrons. The van der Waals surface area contributed by atoms with Gasteiger partial charge in [0.2, 0.25) is 0 Å². The van der Waals surface area contributed by atoms with Crippen molar-refractivity contribution in [1.29, 1.82) is 5.26 Å². The van der Waals surface area contributed by atoms with Gasteiger partial charge in [-0.25, -0.2) is 8.78 Å². The Morgan fingerprint density at radius 2 is 2.05 bits per heavy atom. The van der Waals surface area contributed by atoms with Crippen molar-refractivity contribution < 1.29 is 13.6 Å². The normalized spacial score (nSPS) is 10.0. The Kier molecular flexibility index (Phi) is 3.25. The Labute approximate surface area is 107 Å². The van der Waals surface area contributed by atoms with E-state index in [1.807, 2.05) is 6.07 Å². The van der Waals surface area contributed by atoms with Gasteiger partial charge in [-0.2, -0.15) is 10.4 Å². The number of aromatic nitrogens is 2. The van der Waals surface area contributed by atoms with Crippen LogP contribution in [-0.2, 0) is 7.05 Å². The lowest BCUT2D eigenvalue weighted by molar-refractivity contribution is 0.101. The van der Waals surface area contributed by atoms with Crippen LogP contribution in [0.2, 0.25) is 0 Å². The largest absolute Gasteiger partial charge is 0.305 e. The highest BCUT2D eigenvalue weighted by Gasteiger charge is 2.19. The van der Waals surface area contributed by atoms with Crippen molar-refractivity contribution in [2.75, 3.05) is 5.32 Å². The van der Waals surface area contributed by atoms with Crippen LogP contribution < -0.4 is 5.32 Å². The Balaban J connectivity index is 2.37. The van der Waals surface area contributed by atoms with Gasteiger partial charge in [-0.1, -0.05) is 6.07 Å². The molecule has 1 heterocycles. The first-order valence-corrected chi connectivity index (χ1v) is 5.22. The van der Waals surface area contributed by atoms with Gasteiger partial charge in [0.15, 0.2) is 0 Å². The second-order valence-electron chi connectivity index (χ2n) is 3.69. The summed E-state index contributed by atoms with van der Waals surface area (Å²) in [4.78, 5) is 11.8. The van der Waals surface area contributed by atoms with E-state index < -0.39 is 23.1 Å². The van der Waals surface area contributed by atoms with Crippen molar-refractivity contribution in [3.05, 3.63) is 47.2 Å². The van der Waals surface area contributed by atoms with Gasteiger partial charge in [-0.3, -0.25) is 9.48 Å². The number of nitrogens with zero attached hydrogens (tertiary/aromatic N) is 3. The summed E-state index contributed by atoms with van der Waals surface area (Å²) in [6.45, 7) is 0. The van der Waals surface area contributed by atoms with Crippen LogP contribution in [0.1, 0.15) is 15.9 Å². The third kappa shape index (κ3) is 2.28. The molecule has 0 saturated heterocycles. The summed E-state index contributed by atoms with van der Waals surface area (Å²) in [5.41, 5.74) is -0.597. The van der Waals surface area contributed by atoms with Gasteiger partial charge in [-0.15, -0.1) is 0 Å². The van der Waals surface area contributed by atoms with E-state index in [1.54, 1.807) is 0 Å². The minimum Gasteiger partial charge on any atom is -0.305 e. The first-order chi connectivity index (χ1) is 9.04. The van der Waals surface area contributed by atoms with E-state index in [1.165, 1.54) is 17.9 Å². The molecule has 0 atom stereocenters. The molecule has 0 aliphatic heterocycles. The van der Waals surface area contributed by atoms with Crippen LogP contribution in [0.15, 0.2) is 24.4 Å². The van der Waals surface area contributed by atoms with E-state index in [4.69, 9.17) is 5.26 Å². The van der Waals surface area contributed by atoms with Crippen molar-refractivity contribution in [1.82, 2.24) is 9.78 Å². The molecule has 1 N–H and O–H groups in total. The molecule has 0 unspecified atom stereocenters. The molecule has 0 aliphatic carbocycles. The Hall–Kier alpha value is -2.75. The van der Waals surface area contributed by atoms with Gasteiger partial charge in [0.1, 0.15) is 34.6 Å². The summed E-state index contributed by atoms with van der Waals surface area (Å²) in [7, 11) is 1.49. The van der Waals surface area contributed by atoms with Gasteiger partial charge < -0.3 is 5.32 Å². The Bertz CT molecular complexity index is 667. The van der Waals surface area contributed by atoms with Gasteiger partial charge in [0.05, 0.1) is 6.20 Å². The van der Waals surface area contributed by atoms with Gasteiger partial charge in [-0.05, 0) is 12.1 Å². The second kappa shape index (κ2) is 4.86. The number of anilines is 1. The predicted octanol–water partition coefficient (Wildman–Crippen LogP) is 1.82. The van der Waals surface area contributed by atoms with Crippen molar-refractivity contribution in [3.8, 4) is 6.07 Å². The van der Waals surface area contributed by atoms with E-state index in [2.05, 4.69) is 10.4 Å². The van der Waals surface area contributed by atoms with Crippen LogP contribution in [0.3, 0.4) is 0 Å². The van der Waals surface area contributed by atoms with Crippen LogP contribution in [-0.4, -0.2) is 15.7 Å². The maximum atomic E-state index is 13.4. The fraction of sp³-hybridized carbons (Fsp3) is 0.0833. The van der Waals surface area contributed by atoms with Crippen molar-refractivity contribution in [2.45, 2.75) is 0 Å². The summed E-state index contributed by atoms with van der Waals surface area (Å²) in [6, 6.07) is 4.93. The number of nitriles is 1. The van der Waals surface area contributed by atoms with Crippen molar-refractivity contribution >= 4 is 11.7 Å². The number of hydrogen-bond acceptors (Lipinski definition) is 3. The highest BCUT2D eigenvalue weighted by Crippen LogP contribution is 2.17. The maximum absolute atomic E-state index is 13.4. The monoisotopic (exact) mass is 262 g/mol. The topological polar surface area (TPSA) is 70.7 Å². The van der Waals surface area contributed by atoms with E-state index >= 15 is 0 Å². The molecular weight excluding hydrogens is 254 g/mol. The fourth-order valence-corrected chi connectivity index (χ4v) is 1.55. The van der Waals surface area contributed by atoms with Crippen molar-refractivity contribution in [2.24, 2.45) is 7.05 Å². The first kappa shape index (κ1) is 12.7.